The number of fused-ring (bicyclic) bond motifs is 3. The van der Waals surface area contributed by atoms with Crippen molar-refractivity contribution >= 4 is 5.71 Å². The first kappa shape index (κ1) is 18.9. The average Bonchev–Trinajstić information content (AvgIpc) is 2.95. The Morgan fingerprint density at radius 1 is 1.07 bits per heavy atom. The molecule has 0 radical (unpaired) electrons. The van der Waals surface area contributed by atoms with Crippen LogP contribution in [-0.4, -0.2) is 30.6 Å². The first-order valence-corrected chi connectivity index (χ1v) is 9.98. The van der Waals surface area contributed by atoms with E-state index in [0.717, 1.165) is 41.4 Å². The Labute approximate surface area is 167 Å². The van der Waals surface area contributed by atoms with Gasteiger partial charge in [-0.2, -0.15) is 0 Å². The Morgan fingerprint density at radius 3 is 2.43 bits per heavy atom. The van der Waals surface area contributed by atoms with Gasteiger partial charge in [0.25, 0.3) is 0 Å². The van der Waals surface area contributed by atoms with E-state index >= 15 is 0 Å². The third-order valence-corrected chi connectivity index (χ3v) is 5.34. The summed E-state index contributed by atoms with van der Waals surface area (Å²) in [4.78, 5) is 5.16. The first-order valence-electron chi connectivity index (χ1n) is 9.98. The molecule has 148 valence electrons. The van der Waals surface area contributed by atoms with Gasteiger partial charge in [-0.05, 0) is 76.9 Å². The smallest absolute Gasteiger partial charge is 0.166 e. The van der Waals surface area contributed by atoms with Crippen LogP contribution >= 0.6 is 0 Å². The molecule has 0 atom stereocenters. The molecule has 0 amide bonds. The Hall–Kier alpha value is -2.49. The first-order chi connectivity index (χ1) is 13.2. The zero-order chi connectivity index (χ0) is 20.1. The van der Waals surface area contributed by atoms with Crippen LogP contribution in [0.25, 0.3) is 0 Å². The second-order valence-corrected chi connectivity index (χ2v) is 8.87. The van der Waals surface area contributed by atoms with Crippen molar-refractivity contribution in [2.24, 2.45) is 4.99 Å². The Balaban J connectivity index is 1.90. The highest BCUT2D eigenvalue weighted by Gasteiger charge is 2.39. The van der Waals surface area contributed by atoms with Crippen LogP contribution in [0.2, 0.25) is 0 Å². The van der Waals surface area contributed by atoms with Crippen LogP contribution in [0.1, 0.15) is 56.9 Å². The number of rotatable bonds is 4. The van der Waals surface area contributed by atoms with Gasteiger partial charge in [0, 0.05) is 23.1 Å². The molecule has 2 aliphatic heterocycles. The fraction of sp³-hybridized carbons (Fsp3) is 0.458. The van der Waals surface area contributed by atoms with Gasteiger partial charge in [-0.3, -0.25) is 4.99 Å². The molecular weight excluding hydrogens is 350 g/mol. The average molecular weight is 380 g/mol. The van der Waals surface area contributed by atoms with Crippen LogP contribution in [0.4, 0.5) is 0 Å². The highest BCUT2D eigenvalue weighted by molar-refractivity contribution is 6.16. The van der Waals surface area contributed by atoms with Crippen LogP contribution in [0, 0.1) is 0 Å². The van der Waals surface area contributed by atoms with Crippen molar-refractivity contribution in [3.63, 3.8) is 0 Å². The number of nitrogens with zero attached hydrogens (tertiary/aromatic N) is 1. The monoisotopic (exact) mass is 379 g/mol. The molecule has 2 aromatic rings. The molecule has 0 fully saturated rings. The Bertz CT molecular complexity index is 939. The lowest BCUT2D eigenvalue weighted by Crippen LogP contribution is -2.30. The topological polar surface area (TPSA) is 40.0 Å². The van der Waals surface area contributed by atoms with E-state index in [1.165, 1.54) is 16.7 Å². The minimum atomic E-state index is -0.248. The largest absolute Gasteiger partial charge is 0.494 e. The van der Waals surface area contributed by atoms with Crippen LogP contribution in [0.3, 0.4) is 0 Å². The summed E-state index contributed by atoms with van der Waals surface area (Å²) in [6.07, 6.45) is 1.73. The normalized spacial score (nSPS) is 18.6. The quantitative estimate of drug-likeness (QED) is 0.752. The summed E-state index contributed by atoms with van der Waals surface area (Å²) in [6.45, 7) is 11.3. The van der Waals surface area contributed by atoms with E-state index in [4.69, 9.17) is 19.2 Å². The fourth-order valence-electron chi connectivity index (χ4n) is 4.31. The Morgan fingerprint density at radius 2 is 1.79 bits per heavy atom. The summed E-state index contributed by atoms with van der Waals surface area (Å²) in [6, 6.07) is 10.4. The molecule has 2 aromatic carbocycles. The van der Waals surface area contributed by atoms with Crippen LogP contribution in [-0.2, 0) is 12.8 Å². The number of hydrogen-bond acceptors (Lipinski definition) is 4. The third kappa shape index (κ3) is 3.25. The molecular formula is C24H29NO3. The molecule has 0 saturated carbocycles. The van der Waals surface area contributed by atoms with Crippen molar-refractivity contribution in [3.8, 4) is 17.2 Å². The predicted molar refractivity (Wildman–Crippen MR) is 112 cm³/mol. The highest BCUT2D eigenvalue weighted by Crippen LogP contribution is 2.47. The SMILES string of the molecule is CCOc1ccc(C2=NC(C)(C)Cc3cc(OC)c4c(c32)CC(C)(C)O4)cc1. The van der Waals surface area contributed by atoms with Gasteiger partial charge in [-0.1, -0.05) is 0 Å². The lowest BCUT2D eigenvalue weighted by Gasteiger charge is -2.31. The minimum Gasteiger partial charge on any atom is -0.494 e. The highest BCUT2D eigenvalue weighted by atomic mass is 16.5. The van der Waals surface area contributed by atoms with E-state index in [2.05, 4.69) is 45.9 Å². The zero-order valence-electron chi connectivity index (χ0n) is 17.7. The maximum absolute atomic E-state index is 6.27. The van der Waals surface area contributed by atoms with Crippen molar-refractivity contribution in [2.75, 3.05) is 13.7 Å². The lowest BCUT2D eigenvalue weighted by molar-refractivity contribution is 0.134. The fourth-order valence-corrected chi connectivity index (χ4v) is 4.31. The van der Waals surface area contributed by atoms with E-state index < -0.39 is 0 Å². The van der Waals surface area contributed by atoms with Crippen molar-refractivity contribution in [3.05, 3.63) is 52.6 Å². The molecule has 4 nitrogen and oxygen atoms in total. The molecule has 0 N–H and O–H groups in total. The molecule has 0 bridgehead atoms. The van der Waals surface area contributed by atoms with Crippen molar-refractivity contribution in [1.29, 1.82) is 0 Å². The minimum absolute atomic E-state index is 0.171. The summed E-state index contributed by atoms with van der Waals surface area (Å²) in [5.41, 5.74) is 5.42. The maximum Gasteiger partial charge on any atom is 0.166 e. The van der Waals surface area contributed by atoms with Crippen LogP contribution in [0.5, 0.6) is 17.2 Å². The molecule has 0 saturated heterocycles. The van der Waals surface area contributed by atoms with E-state index in [1.807, 2.05) is 19.1 Å². The van der Waals surface area contributed by atoms with E-state index in [9.17, 15) is 0 Å². The number of methoxy groups -OCH3 is 1. The zero-order valence-corrected chi connectivity index (χ0v) is 17.7. The summed E-state index contributed by atoms with van der Waals surface area (Å²) in [5.74, 6) is 2.57. The summed E-state index contributed by atoms with van der Waals surface area (Å²) in [7, 11) is 1.71. The lowest BCUT2D eigenvalue weighted by atomic mass is 9.81. The van der Waals surface area contributed by atoms with Crippen LogP contribution < -0.4 is 14.2 Å². The molecule has 28 heavy (non-hydrogen) atoms. The molecule has 4 rings (SSSR count). The second kappa shape index (κ2) is 6.54. The van der Waals surface area contributed by atoms with E-state index in [-0.39, 0.29) is 11.1 Å². The Kier molecular flexibility index (Phi) is 4.40. The molecule has 2 heterocycles. The van der Waals surface area contributed by atoms with Crippen molar-refractivity contribution in [1.82, 2.24) is 0 Å². The van der Waals surface area contributed by atoms with E-state index in [1.54, 1.807) is 7.11 Å². The maximum atomic E-state index is 6.27. The third-order valence-electron chi connectivity index (χ3n) is 5.34. The predicted octanol–water partition coefficient (Wildman–Crippen LogP) is 4.98. The second-order valence-electron chi connectivity index (χ2n) is 8.87. The molecule has 4 heteroatoms. The molecule has 0 unspecified atom stereocenters. The number of benzene rings is 2. The van der Waals surface area contributed by atoms with Crippen LogP contribution in [0.15, 0.2) is 35.3 Å². The molecule has 0 aliphatic carbocycles. The van der Waals surface area contributed by atoms with Gasteiger partial charge in [0.15, 0.2) is 11.5 Å². The summed E-state index contributed by atoms with van der Waals surface area (Å²) >= 11 is 0. The molecule has 0 aromatic heterocycles. The van der Waals surface area contributed by atoms with E-state index in [0.29, 0.717) is 6.61 Å². The number of hydrogen-bond donors (Lipinski definition) is 0. The summed E-state index contributed by atoms with van der Waals surface area (Å²) < 4.78 is 17.6. The van der Waals surface area contributed by atoms with Gasteiger partial charge in [0.1, 0.15) is 11.4 Å². The van der Waals surface area contributed by atoms with Gasteiger partial charge in [-0.25, -0.2) is 0 Å². The van der Waals surface area contributed by atoms with Crippen molar-refractivity contribution < 1.29 is 14.2 Å². The van der Waals surface area contributed by atoms with Gasteiger partial charge in [-0.15, -0.1) is 0 Å². The van der Waals surface area contributed by atoms with Gasteiger partial charge in [0.2, 0.25) is 0 Å². The number of ether oxygens (including phenoxy) is 3. The molecule has 0 spiro atoms. The number of aliphatic imine (C=N–C) groups is 1. The summed E-state index contributed by atoms with van der Waals surface area (Å²) in [5, 5.41) is 0. The standard InChI is InChI=1S/C24H29NO3/c1-7-27-17-10-8-15(9-11-17)21-20-16(13-23(2,3)25-21)12-19(26-6)22-18(20)14-24(4,5)28-22/h8-12H,7,13-14H2,1-6H3. The molecule has 2 aliphatic rings. The van der Waals surface area contributed by atoms with Gasteiger partial charge >= 0.3 is 0 Å². The van der Waals surface area contributed by atoms with Gasteiger partial charge < -0.3 is 14.2 Å². The van der Waals surface area contributed by atoms with Gasteiger partial charge in [0.05, 0.1) is 25.0 Å². The van der Waals surface area contributed by atoms with Crippen molar-refractivity contribution in [2.45, 2.75) is 58.6 Å².